The molecule has 4 heteroatoms. The number of carbonyl (C=O) groups excluding carboxylic acids is 2. The zero-order chi connectivity index (χ0) is 16.8. The number of benzene rings is 1. The summed E-state index contributed by atoms with van der Waals surface area (Å²) in [5.41, 5.74) is 6.82. The van der Waals surface area contributed by atoms with Crippen LogP contribution in [-0.4, -0.2) is 18.0 Å². The fraction of sp³-hybridized carbons (Fsp3) is 0.579. The van der Waals surface area contributed by atoms with Crippen LogP contribution in [0, 0.1) is 17.8 Å². The van der Waals surface area contributed by atoms with Crippen LogP contribution in [0.3, 0.4) is 0 Å². The topological polar surface area (TPSA) is 69.4 Å². The summed E-state index contributed by atoms with van der Waals surface area (Å²) < 4.78 is 5.02. The van der Waals surface area contributed by atoms with Gasteiger partial charge in [-0.25, -0.2) is 4.79 Å². The SMILES string of the molecule is CC(C)C1CCC(C(=O)OC(=O)[C@H](N)Cc2ccccc2)CC1. The number of rotatable bonds is 5. The molecule has 4 nitrogen and oxygen atoms in total. The Morgan fingerprint density at radius 1 is 1.13 bits per heavy atom. The smallest absolute Gasteiger partial charge is 0.330 e. The molecule has 0 aromatic heterocycles. The number of hydrogen-bond donors (Lipinski definition) is 1. The van der Waals surface area contributed by atoms with Gasteiger partial charge in [-0.3, -0.25) is 4.79 Å². The Bertz CT molecular complexity index is 519. The Hall–Kier alpha value is -1.68. The molecular formula is C19H27NO3. The Morgan fingerprint density at radius 2 is 1.74 bits per heavy atom. The Morgan fingerprint density at radius 3 is 2.30 bits per heavy atom. The van der Waals surface area contributed by atoms with Gasteiger partial charge in [0.2, 0.25) is 0 Å². The van der Waals surface area contributed by atoms with Crippen molar-refractivity contribution in [2.45, 2.75) is 52.0 Å². The van der Waals surface area contributed by atoms with Gasteiger partial charge in [0.15, 0.2) is 0 Å². The van der Waals surface area contributed by atoms with E-state index < -0.39 is 18.0 Å². The molecule has 0 heterocycles. The van der Waals surface area contributed by atoms with Crippen LogP contribution in [0.15, 0.2) is 30.3 Å². The average molecular weight is 317 g/mol. The fourth-order valence-corrected chi connectivity index (χ4v) is 3.23. The second-order valence-corrected chi connectivity index (χ2v) is 6.89. The van der Waals surface area contributed by atoms with E-state index in [-0.39, 0.29) is 5.92 Å². The van der Waals surface area contributed by atoms with Crippen LogP contribution >= 0.6 is 0 Å². The Labute approximate surface area is 138 Å². The third kappa shape index (κ3) is 5.17. The zero-order valence-electron chi connectivity index (χ0n) is 14.0. The van der Waals surface area contributed by atoms with Crippen molar-refractivity contribution in [2.24, 2.45) is 23.5 Å². The van der Waals surface area contributed by atoms with Crippen LogP contribution < -0.4 is 5.73 Å². The normalized spacial score (nSPS) is 22.6. The highest BCUT2D eigenvalue weighted by Gasteiger charge is 2.30. The molecular weight excluding hydrogens is 290 g/mol. The molecule has 0 radical (unpaired) electrons. The molecule has 1 aliphatic rings. The van der Waals surface area contributed by atoms with E-state index >= 15 is 0 Å². The largest absolute Gasteiger partial charge is 0.392 e. The second kappa shape index (κ2) is 8.25. The van der Waals surface area contributed by atoms with Gasteiger partial charge in [-0.2, -0.15) is 0 Å². The van der Waals surface area contributed by atoms with Crippen LogP contribution in [0.1, 0.15) is 45.1 Å². The lowest BCUT2D eigenvalue weighted by atomic mass is 9.77. The Balaban J connectivity index is 1.79. The minimum Gasteiger partial charge on any atom is -0.392 e. The van der Waals surface area contributed by atoms with Crippen molar-refractivity contribution < 1.29 is 14.3 Å². The lowest BCUT2D eigenvalue weighted by molar-refractivity contribution is -0.164. The summed E-state index contributed by atoms with van der Waals surface area (Å²) in [6.07, 6.45) is 4.06. The third-order valence-electron chi connectivity index (χ3n) is 4.85. The molecule has 0 amide bonds. The summed E-state index contributed by atoms with van der Waals surface area (Å²) in [4.78, 5) is 24.1. The first-order chi connectivity index (χ1) is 11.0. The van der Waals surface area contributed by atoms with Crippen molar-refractivity contribution in [1.82, 2.24) is 0 Å². The molecule has 1 aromatic carbocycles. The van der Waals surface area contributed by atoms with Gasteiger partial charge in [-0.1, -0.05) is 44.2 Å². The highest BCUT2D eigenvalue weighted by atomic mass is 16.6. The van der Waals surface area contributed by atoms with Gasteiger partial charge in [0, 0.05) is 0 Å². The lowest BCUT2D eigenvalue weighted by Gasteiger charge is -2.29. The number of esters is 2. The molecule has 0 spiro atoms. The molecule has 2 rings (SSSR count). The minimum atomic E-state index is -0.798. The van der Waals surface area contributed by atoms with Crippen molar-refractivity contribution in [3.05, 3.63) is 35.9 Å². The van der Waals surface area contributed by atoms with E-state index in [0.717, 1.165) is 31.2 Å². The second-order valence-electron chi connectivity index (χ2n) is 6.89. The fourth-order valence-electron chi connectivity index (χ4n) is 3.23. The van der Waals surface area contributed by atoms with E-state index in [9.17, 15) is 9.59 Å². The molecule has 1 saturated carbocycles. The minimum absolute atomic E-state index is 0.155. The van der Waals surface area contributed by atoms with Gasteiger partial charge in [-0.05, 0) is 49.5 Å². The van der Waals surface area contributed by atoms with E-state index in [1.165, 1.54) is 0 Å². The van der Waals surface area contributed by atoms with Gasteiger partial charge in [0.25, 0.3) is 0 Å². The lowest BCUT2D eigenvalue weighted by Crippen LogP contribution is -2.37. The molecule has 1 aromatic rings. The van der Waals surface area contributed by atoms with Crippen molar-refractivity contribution in [1.29, 1.82) is 0 Å². The summed E-state index contributed by atoms with van der Waals surface area (Å²) in [7, 11) is 0. The maximum absolute atomic E-state index is 12.1. The van der Waals surface area contributed by atoms with Gasteiger partial charge < -0.3 is 10.5 Å². The van der Waals surface area contributed by atoms with Crippen LogP contribution in [0.5, 0.6) is 0 Å². The average Bonchev–Trinajstić information content (AvgIpc) is 2.55. The van der Waals surface area contributed by atoms with Gasteiger partial charge in [-0.15, -0.1) is 0 Å². The predicted molar refractivity (Wildman–Crippen MR) is 89.5 cm³/mol. The monoisotopic (exact) mass is 317 g/mol. The first kappa shape index (κ1) is 17.7. The molecule has 0 unspecified atom stereocenters. The standard InChI is InChI=1S/C19H27NO3/c1-13(2)15-8-10-16(11-9-15)18(21)23-19(22)17(20)12-14-6-4-3-5-7-14/h3-7,13,15-17H,8-12,20H2,1-2H3/t15?,16?,17-/m1/s1. The number of carbonyl (C=O) groups is 2. The first-order valence-electron chi connectivity index (χ1n) is 8.52. The van der Waals surface area contributed by atoms with Gasteiger partial charge in [0.05, 0.1) is 5.92 Å². The zero-order valence-corrected chi connectivity index (χ0v) is 14.0. The third-order valence-corrected chi connectivity index (χ3v) is 4.85. The summed E-state index contributed by atoms with van der Waals surface area (Å²) in [5, 5.41) is 0. The van der Waals surface area contributed by atoms with E-state index in [0.29, 0.717) is 18.3 Å². The molecule has 23 heavy (non-hydrogen) atoms. The molecule has 0 saturated heterocycles. The van der Waals surface area contributed by atoms with Gasteiger partial charge in [0.1, 0.15) is 6.04 Å². The highest BCUT2D eigenvalue weighted by molar-refractivity contribution is 5.89. The molecule has 1 atom stereocenters. The van der Waals surface area contributed by atoms with Crippen LogP contribution in [0.4, 0.5) is 0 Å². The maximum Gasteiger partial charge on any atom is 0.330 e. The van der Waals surface area contributed by atoms with Crippen LogP contribution in [-0.2, 0) is 20.7 Å². The summed E-state index contributed by atoms with van der Waals surface area (Å²) in [6, 6.07) is 8.71. The number of ether oxygens (including phenoxy) is 1. The summed E-state index contributed by atoms with van der Waals surface area (Å²) in [6.45, 7) is 4.44. The summed E-state index contributed by atoms with van der Waals surface area (Å²) >= 11 is 0. The molecule has 0 aliphatic heterocycles. The van der Waals surface area contributed by atoms with Crippen molar-refractivity contribution in [3.8, 4) is 0 Å². The van der Waals surface area contributed by atoms with E-state index in [2.05, 4.69) is 13.8 Å². The van der Waals surface area contributed by atoms with E-state index in [1.54, 1.807) is 0 Å². The van der Waals surface area contributed by atoms with Crippen molar-refractivity contribution >= 4 is 11.9 Å². The quantitative estimate of drug-likeness (QED) is 0.669. The van der Waals surface area contributed by atoms with Crippen LogP contribution in [0.25, 0.3) is 0 Å². The highest BCUT2D eigenvalue weighted by Crippen LogP contribution is 2.33. The van der Waals surface area contributed by atoms with Crippen molar-refractivity contribution in [2.75, 3.05) is 0 Å². The van der Waals surface area contributed by atoms with Gasteiger partial charge >= 0.3 is 11.9 Å². The number of nitrogens with two attached hydrogens (primary N) is 1. The first-order valence-corrected chi connectivity index (χ1v) is 8.52. The molecule has 0 bridgehead atoms. The van der Waals surface area contributed by atoms with E-state index in [1.807, 2.05) is 30.3 Å². The predicted octanol–water partition coefficient (Wildman–Crippen LogP) is 3.09. The molecule has 126 valence electrons. The van der Waals surface area contributed by atoms with E-state index in [4.69, 9.17) is 10.5 Å². The summed E-state index contributed by atoms with van der Waals surface area (Å²) in [5.74, 6) is 0.145. The van der Waals surface area contributed by atoms with Crippen molar-refractivity contribution in [3.63, 3.8) is 0 Å². The van der Waals surface area contributed by atoms with Crippen LogP contribution in [0.2, 0.25) is 0 Å². The number of hydrogen-bond acceptors (Lipinski definition) is 4. The Kier molecular flexibility index (Phi) is 6.34. The molecule has 2 N–H and O–H groups in total. The molecule has 1 aliphatic carbocycles. The maximum atomic E-state index is 12.1. The molecule has 1 fully saturated rings.